The van der Waals surface area contributed by atoms with Crippen LogP contribution < -0.4 is 12.4 Å². The normalized spacial score (nSPS) is 10.6. The van der Waals surface area contributed by atoms with Gasteiger partial charge in [-0.25, -0.2) is 0 Å². The Morgan fingerprint density at radius 1 is 1.33 bits per heavy atom. The lowest BCUT2D eigenvalue weighted by Gasteiger charge is -2.28. The summed E-state index contributed by atoms with van der Waals surface area (Å²) in [5, 5.41) is 8.44. The van der Waals surface area contributed by atoms with Gasteiger partial charge in [0, 0.05) is 0 Å². The molecule has 0 heterocycles. The standard InChI is InChI=1S/C8H17NO2.ClH/c1-4-6-9(2,3)7-5-8(10)11;/h4-7H2,1-3H3;1H. The maximum Gasteiger partial charge on any atom is 0.309 e. The highest BCUT2D eigenvalue weighted by Crippen LogP contribution is 2.00. The summed E-state index contributed by atoms with van der Waals surface area (Å²) < 4.78 is 0.808. The van der Waals surface area contributed by atoms with Crippen molar-refractivity contribution in [1.82, 2.24) is 0 Å². The van der Waals surface area contributed by atoms with Gasteiger partial charge < -0.3 is 22.0 Å². The minimum atomic E-state index is -0.702. The minimum Gasteiger partial charge on any atom is -1.00 e. The van der Waals surface area contributed by atoms with Gasteiger partial charge in [-0.3, -0.25) is 4.79 Å². The van der Waals surface area contributed by atoms with Crippen molar-refractivity contribution in [2.75, 3.05) is 27.2 Å². The zero-order valence-corrected chi connectivity index (χ0v) is 8.76. The molecule has 0 rings (SSSR count). The Bertz CT molecular complexity index is 137. The summed E-state index contributed by atoms with van der Waals surface area (Å²) in [7, 11) is 4.12. The van der Waals surface area contributed by atoms with Gasteiger partial charge in [0.25, 0.3) is 0 Å². The monoisotopic (exact) mass is 195 g/mol. The summed E-state index contributed by atoms with van der Waals surface area (Å²) in [5.74, 6) is -0.702. The number of nitrogens with zero attached hydrogens (tertiary/aromatic N) is 1. The van der Waals surface area contributed by atoms with E-state index in [0.717, 1.165) is 24.0 Å². The Hall–Kier alpha value is -0.280. The predicted octanol–water partition coefficient (Wildman–Crippen LogP) is -2.05. The van der Waals surface area contributed by atoms with Crippen LogP contribution in [0, 0.1) is 0 Å². The quantitative estimate of drug-likeness (QED) is 0.513. The Morgan fingerprint density at radius 3 is 2.17 bits per heavy atom. The van der Waals surface area contributed by atoms with Gasteiger partial charge in [-0.1, -0.05) is 6.92 Å². The maximum atomic E-state index is 10.2. The number of hydrogen-bond acceptors (Lipinski definition) is 1. The van der Waals surface area contributed by atoms with Crippen LogP contribution in [-0.4, -0.2) is 42.7 Å². The van der Waals surface area contributed by atoms with Gasteiger partial charge in [0.2, 0.25) is 0 Å². The first-order valence-corrected chi connectivity index (χ1v) is 4.02. The second kappa shape index (κ2) is 6.26. The van der Waals surface area contributed by atoms with Crippen LogP contribution in [0.5, 0.6) is 0 Å². The van der Waals surface area contributed by atoms with Crippen LogP contribution >= 0.6 is 0 Å². The number of hydrogen-bond donors (Lipinski definition) is 1. The van der Waals surface area contributed by atoms with E-state index in [1.54, 1.807) is 0 Å². The van der Waals surface area contributed by atoms with E-state index in [2.05, 4.69) is 21.0 Å². The molecule has 0 amide bonds. The van der Waals surface area contributed by atoms with Crippen molar-refractivity contribution in [3.63, 3.8) is 0 Å². The second-order valence-electron chi connectivity index (χ2n) is 3.53. The molecule has 0 spiro atoms. The minimum absolute atomic E-state index is 0. The van der Waals surface area contributed by atoms with Gasteiger partial charge in [-0.15, -0.1) is 0 Å². The van der Waals surface area contributed by atoms with E-state index < -0.39 is 5.97 Å². The third kappa shape index (κ3) is 7.82. The van der Waals surface area contributed by atoms with Gasteiger partial charge in [0.1, 0.15) is 0 Å². The molecule has 0 saturated heterocycles. The molecule has 0 aliphatic heterocycles. The molecule has 0 aliphatic carbocycles. The Kier molecular flexibility index (Phi) is 7.44. The molecule has 3 nitrogen and oxygen atoms in total. The third-order valence-electron chi connectivity index (χ3n) is 1.76. The number of carboxylic acids is 1. The lowest BCUT2D eigenvalue weighted by molar-refractivity contribution is -0.889. The maximum absolute atomic E-state index is 10.2. The largest absolute Gasteiger partial charge is 1.00 e. The SMILES string of the molecule is CCC[N+](C)(C)CCC(=O)O.[Cl-]. The van der Waals surface area contributed by atoms with Crippen LogP contribution in [0.1, 0.15) is 19.8 Å². The summed E-state index contributed by atoms with van der Waals surface area (Å²) in [6, 6.07) is 0. The zero-order valence-electron chi connectivity index (χ0n) is 8.01. The first-order chi connectivity index (χ1) is 4.98. The van der Waals surface area contributed by atoms with Crippen molar-refractivity contribution in [2.24, 2.45) is 0 Å². The average Bonchev–Trinajstić information content (AvgIpc) is 1.84. The van der Waals surface area contributed by atoms with Gasteiger partial charge in [0.15, 0.2) is 0 Å². The molecular weight excluding hydrogens is 178 g/mol. The van der Waals surface area contributed by atoms with Crippen molar-refractivity contribution >= 4 is 5.97 Å². The molecule has 0 aromatic carbocycles. The zero-order chi connectivity index (χ0) is 8.91. The van der Waals surface area contributed by atoms with Gasteiger partial charge >= 0.3 is 5.97 Å². The molecular formula is C8H18ClNO2. The van der Waals surface area contributed by atoms with Gasteiger partial charge in [-0.05, 0) is 6.42 Å². The molecule has 0 aromatic rings. The van der Waals surface area contributed by atoms with Crippen LogP contribution in [0.2, 0.25) is 0 Å². The van der Waals surface area contributed by atoms with E-state index in [0.29, 0.717) is 0 Å². The average molecular weight is 196 g/mol. The number of carbonyl (C=O) groups is 1. The third-order valence-corrected chi connectivity index (χ3v) is 1.76. The van der Waals surface area contributed by atoms with Crippen molar-refractivity contribution in [2.45, 2.75) is 19.8 Å². The first-order valence-electron chi connectivity index (χ1n) is 4.02. The van der Waals surface area contributed by atoms with Crippen LogP contribution in [0.4, 0.5) is 0 Å². The molecule has 12 heavy (non-hydrogen) atoms. The molecule has 74 valence electrons. The highest BCUT2D eigenvalue weighted by molar-refractivity contribution is 5.66. The Morgan fingerprint density at radius 2 is 1.83 bits per heavy atom. The van der Waals surface area contributed by atoms with Crippen molar-refractivity contribution < 1.29 is 26.8 Å². The molecule has 0 aromatic heterocycles. The van der Waals surface area contributed by atoms with E-state index in [4.69, 9.17) is 5.11 Å². The van der Waals surface area contributed by atoms with E-state index in [1.165, 1.54) is 0 Å². The van der Waals surface area contributed by atoms with Crippen LogP contribution in [0.25, 0.3) is 0 Å². The van der Waals surface area contributed by atoms with Crippen LogP contribution in [-0.2, 0) is 4.79 Å². The summed E-state index contributed by atoms with van der Waals surface area (Å²) in [5.41, 5.74) is 0. The Labute approximate surface area is 80.4 Å². The van der Waals surface area contributed by atoms with E-state index in [9.17, 15) is 4.79 Å². The second-order valence-corrected chi connectivity index (χ2v) is 3.53. The lowest BCUT2D eigenvalue weighted by atomic mass is 10.3. The van der Waals surface area contributed by atoms with Crippen LogP contribution in [0.3, 0.4) is 0 Å². The Balaban J connectivity index is 0. The van der Waals surface area contributed by atoms with Crippen molar-refractivity contribution in [1.29, 1.82) is 0 Å². The fourth-order valence-corrected chi connectivity index (χ4v) is 1.12. The first kappa shape index (κ1) is 14.3. The molecule has 0 radical (unpaired) electrons. The highest BCUT2D eigenvalue weighted by Gasteiger charge is 2.14. The molecule has 1 N–H and O–H groups in total. The fraction of sp³-hybridized carbons (Fsp3) is 0.875. The van der Waals surface area contributed by atoms with Crippen molar-refractivity contribution in [3.8, 4) is 0 Å². The number of aliphatic carboxylic acids is 1. The number of quaternary nitrogens is 1. The number of halogens is 1. The molecule has 0 aliphatic rings. The number of carboxylic acid groups (broad SMARTS) is 1. The molecule has 0 fully saturated rings. The van der Waals surface area contributed by atoms with E-state index in [-0.39, 0.29) is 18.8 Å². The molecule has 0 saturated carbocycles. The highest BCUT2D eigenvalue weighted by atomic mass is 35.5. The smallest absolute Gasteiger partial charge is 0.309 e. The summed E-state index contributed by atoms with van der Waals surface area (Å²) >= 11 is 0. The van der Waals surface area contributed by atoms with Crippen LogP contribution in [0.15, 0.2) is 0 Å². The fourth-order valence-electron chi connectivity index (χ4n) is 1.12. The molecule has 4 heteroatoms. The van der Waals surface area contributed by atoms with E-state index in [1.807, 2.05) is 0 Å². The summed E-state index contributed by atoms with van der Waals surface area (Å²) in [6.45, 7) is 3.89. The summed E-state index contributed by atoms with van der Waals surface area (Å²) in [6.07, 6.45) is 1.37. The number of rotatable bonds is 5. The van der Waals surface area contributed by atoms with Gasteiger partial charge in [0.05, 0.1) is 33.6 Å². The van der Waals surface area contributed by atoms with Crippen molar-refractivity contribution in [3.05, 3.63) is 0 Å². The topological polar surface area (TPSA) is 37.3 Å². The molecule has 0 atom stereocenters. The molecule has 0 bridgehead atoms. The van der Waals surface area contributed by atoms with E-state index >= 15 is 0 Å². The van der Waals surface area contributed by atoms with Gasteiger partial charge in [-0.2, -0.15) is 0 Å². The lowest BCUT2D eigenvalue weighted by Crippen LogP contribution is -3.00. The molecule has 0 unspecified atom stereocenters. The predicted molar refractivity (Wildman–Crippen MR) is 44.4 cm³/mol. The summed E-state index contributed by atoms with van der Waals surface area (Å²) in [4.78, 5) is 10.2.